The monoisotopic (exact) mass is 224 g/mol. The Hall–Kier alpha value is -1.49. The summed E-state index contributed by atoms with van der Waals surface area (Å²) in [6.07, 6.45) is 2.26. The molecule has 1 aliphatic rings. The van der Waals surface area contributed by atoms with E-state index in [4.69, 9.17) is 4.74 Å². The number of carbonyl (C=O) groups is 1. The Morgan fingerprint density at radius 2 is 2.56 bits per heavy atom. The quantitative estimate of drug-likeness (QED) is 0.779. The molecule has 86 valence electrons. The second kappa shape index (κ2) is 5.03. The van der Waals surface area contributed by atoms with Gasteiger partial charge in [0.1, 0.15) is 0 Å². The minimum atomic E-state index is -0.734. The molecule has 1 unspecified atom stereocenters. The van der Waals surface area contributed by atoms with Gasteiger partial charge in [0.15, 0.2) is 0 Å². The van der Waals surface area contributed by atoms with Gasteiger partial charge in [0.2, 0.25) is 5.95 Å². The fourth-order valence-corrected chi connectivity index (χ4v) is 1.63. The first-order chi connectivity index (χ1) is 7.77. The van der Waals surface area contributed by atoms with Crippen LogP contribution in [0.2, 0.25) is 0 Å². The van der Waals surface area contributed by atoms with Crippen LogP contribution in [0, 0.1) is 11.9 Å². The summed E-state index contributed by atoms with van der Waals surface area (Å²) in [5, 5.41) is 2.68. The molecule has 0 aromatic carbocycles. The molecule has 1 aromatic rings. The Balaban J connectivity index is 1.90. The third kappa shape index (κ3) is 2.55. The van der Waals surface area contributed by atoms with E-state index >= 15 is 0 Å². The van der Waals surface area contributed by atoms with Crippen molar-refractivity contribution in [3.8, 4) is 0 Å². The van der Waals surface area contributed by atoms with Gasteiger partial charge in [-0.15, -0.1) is 0 Å². The molecule has 0 radical (unpaired) electrons. The van der Waals surface area contributed by atoms with Crippen molar-refractivity contribution in [3.63, 3.8) is 0 Å². The lowest BCUT2D eigenvalue weighted by Crippen LogP contribution is -2.30. The van der Waals surface area contributed by atoms with Gasteiger partial charge in [0.05, 0.1) is 12.2 Å². The zero-order chi connectivity index (χ0) is 11.4. The molecule has 0 spiro atoms. The van der Waals surface area contributed by atoms with Crippen LogP contribution in [0.1, 0.15) is 16.8 Å². The van der Waals surface area contributed by atoms with Crippen LogP contribution in [-0.4, -0.2) is 30.6 Å². The standard InChI is InChI=1S/C11H13FN2O2/c12-10-9(2-1-4-13-10)11(15)14-6-8-3-5-16-7-8/h1-2,4,8H,3,5-7H2,(H,14,15). The zero-order valence-corrected chi connectivity index (χ0v) is 8.78. The van der Waals surface area contributed by atoms with E-state index in [1.165, 1.54) is 18.3 Å². The first-order valence-electron chi connectivity index (χ1n) is 5.24. The van der Waals surface area contributed by atoms with Gasteiger partial charge in [-0.1, -0.05) is 0 Å². The summed E-state index contributed by atoms with van der Waals surface area (Å²) in [5.74, 6) is -0.816. The molecular weight excluding hydrogens is 211 g/mol. The smallest absolute Gasteiger partial charge is 0.255 e. The second-order valence-electron chi connectivity index (χ2n) is 3.78. The maximum Gasteiger partial charge on any atom is 0.255 e. The molecule has 2 rings (SSSR count). The maximum atomic E-state index is 13.1. The maximum absolute atomic E-state index is 13.1. The SMILES string of the molecule is O=C(NCC1CCOC1)c1cccnc1F. The summed E-state index contributed by atoms with van der Waals surface area (Å²) >= 11 is 0. The van der Waals surface area contributed by atoms with Gasteiger partial charge in [0.25, 0.3) is 5.91 Å². The molecule has 4 nitrogen and oxygen atoms in total. The first kappa shape index (κ1) is 11.0. The van der Waals surface area contributed by atoms with Crippen molar-refractivity contribution in [2.45, 2.75) is 6.42 Å². The van der Waals surface area contributed by atoms with Crippen LogP contribution in [0.3, 0.4) is 0 Å². The second-order valence-corrected chi connectivity index (χ2v) is 3.78. The number of hydrogen-bond donors (Lipinski definition) is 1. The van der Waals surface area contributed by atoms with E-state index < -0.39 is 11.9 Å². The van der Waals surface area contributed by atoms with E-state index in [1.807, 2.05) is 0 Å². The molecule has 1 N–H and O–H groups in total. The van der Waals surface area contributed by atoms with Crippen LogP contribution in [0.15, 0.2) is 18.3 Å². The number of amides is 1. The van der Waals surface area contributed by atoms with Gasteiger partial charge in [-0.3, -0.25) is 4.79 Å². The number of carbonyl (C=O) groups excluding carboxylic acids is 1. The molecule has 2 heterocycles. The summed E-state index contributed by atoms with van der Waals surface area (Å²) in [6.45, 7) is 1.92. The molecule has 0 aliphatic carbocycles. The molecular formula is C11H13FN2O2. The largest absolute Gasteiger partial charge is 0.381 e. The van der Waals surface area contributed by atoms with Crippen LogP contribution in [0.25, 0.3) is 0 Å². The predicted molar refractivity (Wildman–Crippen MR) is 55.5 cm³/mol. The molecule has 1 aromatic heterocycles. The van der Waals surface area contributed by atoms with Crippen molar-refractivity contribution in [3.05, 3.63) is 29.8 Å². The highest BCUT2D eigenvalue weighted by Crippen LogP contribution is 2.11. The summed E-state index contributed by atoms with van der Waals surface area (Å²) in [6, 6.07) is 2.96. The lowest BCUT2D eigenvalue weighted by molar-refractivity contribution is 0.0940. The fraction of sp³-hybridized carbons (Fsp3) is 0.455. The highest BCUT2D eigenvalue weighted by Gasteiger charge is 2.18. The molecule has 1 aliphatic heterocycles. The number of hydrogen-bond acceptors (Lipinski definition) is 3. The average molecular weight is 224 g/mol. The third-order valence-electron chi connectivity index (χ3n) is 2.58. The van der Waals surface area contributed by atoms with E-state index in [-0.39, 0.29) is 5.56 Å². The van der Waals surface area contributed by atoms with Crippen molar-refractivity contribution in [2.75, 3.05) is 19.8 Å². The minimum absolute atomic E-state index is 0.0126. The molecule has 1 amide bonds. The van der Waals surface area contributed by atoms with Gasteiger partial charge < -0.3 is 10.1 Å². The highest BCUT2D eigenvalue weighted by atomic mass is 19.1. The Morgan fingerprint density at radius 1 is 1.69 bits per heavy atom. The molecule has 1 saturated heterocycles. The van der Waals surface area contributed by atoms with E-state index in [9.17, 15) is 9.18 Å². The van der Waals surface area contributed by atoms with Crippen molar-refractivity contribution in [1.29, 1.82) is 0 Å². The summed E-state index contributed by atoms with van der Waals surface area (Å²) in [4.78, 5) is 15.0. The Kier molecular flexibility index (Phi) is 3.46. The molecule has 1 fully saturated rings. The molecule has 5 heteroatoms. The number of aromatic nitrogens is 1. The van der Waals surface area contributed by atoms with Crippen molar-refractivity contribution < 1.29 is 13.9 Å². The number of rotatable bonds is 3. The third-order valence-corrected chi connectivity index (χ3v) is 2.58. The van der Waals surface area contributed by atoms with Gasteiger partial charge in [-0.2, -0.15) is 4.39 Å². The summed E-state index contributed by atoms with van der Waals surface area (Å²) in [7, 11) is 0. The van der Waals surface area contributed by atoms with Crippen molar-refractivity contribution in [1.82, 2.24) is 10.3 Å². The zero-order valence-electron chi connectivity index (χ0n) is 8.78. The average Bonchev–Trinajstić information content (AvgIpc) is 2.79. The topological polar surface area (TPSA) is 51.2 Å². The van der Waals surface area contributed by atoms with Gasteiger partial charge in [-0.25, -0.2) is 4.98 Å². The normalized spacial score (nSPS) is 19.7. The lowest BCUT2D eigenvalue weighted by atomic mass is 10.1. The Bertz CT molecular complexity index is 378. The van der Waals surface area contributed by atoms with E-state index in [0.717, 1.165) is 13.0 Å². The lowest BCUT2D eigenvalue weighted by Gasteiger charge is -2.09. The number of nitrogens with one attached hydrogen (secondary N) is 1. The Morgan fingerprint density at radius 3 is 3.25 bits per heavy atom. The number of ether oxygens (including phenoxy) is 1. The molecule has 0 saturated carbocycles. The first-order valence-corrected chi connectivity index (χ1v) is 5.24. The molecule has 16 heavy (non-hydrogen) atoms. The van der Waals surface area contributed by atoms with Crippen LogP contribution >= 0.6 is 0 Å². The van der Waals surface area contributed by atoms with E-state index in [2.05, 4.69) is 10.3 Å². The molecule has 0 bridgehead atoms. The minimum Gasteiger partial charge on any atom is -0.381 e. The van der Waals surface area contributed by atoms with E-state index in [0.29, 0.717) is 19.1 Å². The van der Waals surface area contributed by atoms with Crippen molar-refractivity contribution in [2.24, 2.45) is 5.92 Å². The number of pyridine rings is 1. The number of nitrogens with zero attached hydrogens (tertiary/aromatic N) is 1. The van der Waals surface area contributed by atoms with Crippen LogP contribution in [-0.2, 0) is 4.74 Å². The van der Waals surface area contributed by atoms with E-state index in [1.54, 1.807) is 0 Å². The number of halogens is 1. The predicted octanol–water partition coefficient (Wildman–Crippen LogP) is 0.987. The van der Waals surface area contributed by atoms with Crippen LogP contribution in [0.5, 0.6) is 0 Å². The fourth-order valence-electron chi connectivity index (χ4n) is 1.63. The van der Waals surface area contributed by atoms with Crippen molar-refractivity contribution >= 4 is 5.91 Å². The van der Waals surface area contributed by atoms with Gasteiger partial charge >= 0.3 is 0 Å². The summed E-state index contributed by atoms with van der Waals surface area (Å²) < 4.78 is 18.3. The van der Waals surface area contributed by atoms with Crippen LogP contribution < -0.4 is 5.32 Å². The van der Waals surface area contributed by atoms with Gasteiger partial charge in [0, 0.05) is 25.3 Å². The van der Waals surface area contributed by atoms with Gasteiger partial charge in [-0.05, 0) is 18.6 Å². The molecule has 1 atom stereocenters. The highest BCUT2D eigenvalue weighted by molar-refractivity contribution is 5.94. The Labute approximate surface area is 92.8 Å². The summed E-state index contributed by atoms with van der Waals surface area (Å²) in [5.41, 5.74) is -0.0126. The van der Waals surface area contributed by atoms with Crippen LogP contribution in [0.4, 0.5) is 4.39 Å².